The minimum atomic E-state index is -0.0450. The van der Waals surface area contributed by atoms with Crippen LogP contribution in [0, 0.1) is 309 Å². The molecule has 9 spiro atoms. The Bertz CT molecular complexity index is 4910. The number of ether oxygens (including phenoxy) is 9. The Labute approximate surface area is 822 Å². The maximum Gasteiger partial charge on any atom is 0.312 e. The molecule has 35 rings (SSSR count). The second-order valence-electron chi connectivity index (χ2n) is 58.3. The predicted octanol–water partition coefficient (Wildman–Crippen LogP) is 21.6. The molecule has 26 aliphatic carbocycles. The van der Waals surface area contributed by atoms with Crippen molar-refractivity contribution in [3.05, 3.63) is 0 Å². The summed E-state index contributed by atoms with van der Waals surface area (Å²) in [5.74, 6) is 39.8. The maximum absolute atomic E-state index is 12.2. The summed E-state index contributed by atoms with van der Waals surface area (Å²) in [6, 6.07) is 0. The van der Waals surface area contributed by atoms with Crippen molar-refractivity contribution >= 4 is 53.7 Å². The molecule has 0 N–H and O–H groups in total. The van der Waals surface area contributed by atoms with Crippen LogP contribution in [0.2, 0.25) is 0 Å². The van der Waals surface area contributed by atoms with E-state index in [4.69, 9.17) is 42.6 Å². The first-order valence-corrected chi connectivity index (χ1v) is 58.7. The van der Waals surface area contributed by atoms with E-state index in [-0.39, 0.29) is 102 Å². The average molecular weight is 1900 g/mol. The van der Waals surface area contributed by atoms with Crippen molar-refractivity contribution in [1.82, 2.24) is 0 Å². The van der Waals surface area contributed by atoms with Crippen molar-refractivity contribution in [3.63, 3.8) is 0 Å². The van der Waals surface area contributed by atoms with Gasteiger partial charge in [-0.15, -0.1) is 0 Å². The van der Waals surface area contributed by atoms with Gasteiger partial charge in [0.2, 0.25) is 0 Å². The van der Waals surface area contributed by atoms with Crippen LogP contribution in [0.3, 0.4) is 0 Å². The number of carbonyl (C=O) groups excluding carboxylic acids is 9. The zero-order valence-corrected chi connectivity index (χ0v) is 85.7. The zero-order valence-electron chi connectivity index (χ0n) is 85.7. The van der Waals surface area contributed by atoms with Gasteiger partial charge in [-0.2, -0.15) is 0 Å². The quantitative estimate of drug-likeness (QED) is 0.124. The molecular weight excluding hydrogens is 1730 g/mol. The Kier molecular flexibility index (Phi) is 21.6. The van der Waals surface area contributed by atoms with Crippen LogP contribution in [0.4, 0.5) is 0 Å². The monoisotopic (exact) mass is 1900 g/mol. The molecule has 0 aromatic rings. The van der Waals surface area contributed by atoms with Gasteiger partial charge in [-0.25, -0.2) is 0 Å². The van der Waals surface area contributed by atoms with E-state index < -0.39 is 0 Å². The number of esters is 9. The second kappa shape index (κ2) is 32.4. The lowest BCUT2D eigenvalue weighted by molar-refractivity contribution is -0.152. The lowest BCUT2D eigenvalue weighted by Gasteiger charge is -2.44. The lowest BCUT2D eigenvalue weighted by atomic mass is 9.59. The fourth-order valence-electron chi connectivity index (χ4n) is 49.0. The summed E-state index contributed by atoms with van der Waals surface area (Å²) in [6.45, 7) is 30.2. The first-order chi connectivity index (χ1) is 66.3. The molecule has 35 aliphatic rings. The highest BCUT2D eigenvalue weighted by Crippen LogP contribution is 2.80. The summed E-state index contributed by atoms with van der Waals surface area (Å²) >= 11 is 0. The van der Waals surface area contributed by atoms with Crippen LogP contribution in [-0.4, -0.2) is 113 Å². The Balaban J connectivity index is 0.0000000786. The van der Waals surface area contributed by atoms with E-state index in [9.17, 15) is 43.2 Å². The van der Waals surface area contributed by atoms with Crippen LogP contribution in [0.25, 0.3) is 0 Å². The van der Waals surface area contributed by atoms with Crippen LogP contribution in [0.15, 0.2) is 0 Å². The normalized spacial score (nSPS) is 59.0. The second-order valence-corrected chi connectivity index (χ2v) is 58.3. The number of rotatable bonds is 0. The molecule has 9 aliphatic heterocycles. The number of hydrogen-bond donors (Lipinski definition) is 0. The summed E-state index contributed by atoms with van der Waals surface area (Å²) in [4.78, 5) is 105. The van der Waals surface area contributed by atoms with Crippen LogP contribution < -0.4 is 0 Å². The van der Waals surface area contributed by atoms with Crippen molar-refractivity contribution < 1.29 is 85.8 Å². The van der Waals surface area contributed by atoms with Gasteiger partial charge in [0.15, 0.2) is 0 Å². The molecule has 0 aromatic heterocycles. The molecule has 53 unspecified atom stereocenters. The largest absolute Gasteiger partial charge is 0.465 e. The summed E-state index contributed by atoms with van der Waals surface area (Å²) < 4.78 is 47.2. The minimum absolute atomic E-state index is 0.0143. The van der Waals surface area contributed by atoms with Gasteiger partial charge >= 0.3 is 53.7 Å². The van der Waals surface area contributed by atoms with Gasteiger partial charge < -0.3 is 42.6 Å². The van der Waals surface area contributed by atoms with E-state index in [2.05, 4.69) is 69.2 Å². The highest BCUT2D eigenvalue weighted by Gasteiger charge is 2.77. The molecule has 26 saturated carbocycles. The number of fused-ring (bicyclic) bond motifs is 55. The standard InChI is InChI=1S/4C16H22O2.C12H18O2.4C11H16O2/c1-8-2-9-3-11(8)14-10-4-12(15(9)14)16(5-10)6-13(17)18-7-16;1-8-2-9-3-11(8)15-12-4-10(14(9)15)5-16(12)6-13(17)18-7-16;1-8-4-9-5-11(8)13-10-6-12(14(9)13)16(7-10)2-3-18-15(16)17;1-8-4-9-5-11(8)14-12-6-10(13(9)14)7-16(12)2-3-18-15(16)17;1-7-8(2)10-5-9(7)6-12(10)3-4-14-11(12)13;1-7-2-9-3-8(7)4-11(9)5-10(12)13-6-11;1-7-2-8-3-9(7)11(4-8)5-10(12)13-6-11;1-7-4-9-5-8(7)6-11(9)2-3-13-10(11)12;1-7-4-8-5-9(7)11(6-8)2-3-13-10(11)12/h2*8-12,14-15H,2-7H2,1H3;2*8-14H,2-7H2,1H3;7-10H,3-6H2,1-2H3;4*7-9H,2-6H2,1H3. The van der Waals surface area contributed by atoms with Gasteiger partial charge in [-0.3, -0.25) is 43.2 Å². The molecule has 35 fully saturated rings. The van der Waals surface area contributed by atoms with E-state index in [1.165, 1.54) is 173 Å². The molecule has 26 bridgehead atoms. The Morgan fingerprint density at radius 2 is 0.529 bits per heavy atom. The Hall–Kier alpha value is -4.77. The van der Waals surface area contributed by atoms with Gasteiger partial charge in [0.25, 0.3) is 0 Å². The van der Waals surface area contributed by atoms with Gasteiger partial charge in [0.1, 0.15) is 0 Å². The smallest absolute Gasteiger partial charge is 0.312 e. The van der Waals surface area contributed by atoms with Gasteiger partial charge in [-0.1, -0.05) is 69.2 Å². The fraction of sp³-hybridized carbons (Fsp3) is 0.925. The molecule has 0 aromatic carbocycles. The van der Waals surface area contributed by atoms with Crippen LogP contribution in [-0.2, 0) is 85.8 Å². The third-order valence-corrected chi connectivity index (χ3v) is 53.6. The summed E-state index contributed by atoms with van der Waals surface area (Å²) in [6.07, 6.45) is 48.1. The molecule has 9 heterocycles. The van der Waals surface area contributed by atoms with Crippen molar-refractivity contribution in [3.8, 4) is 0 Å². The van der Waals surface area contributed by atoms with E-state index in [0.717, 1.165) is 321 Å². The van der Waals surface area contributed by atoms with Crippen molar-refractivity contribution in [2.75, 3.05) is 59.5 Å². The third-order valence-electron chi connectivity index (χ3n) is 53.6. The Morgan fingerprint density at radius 3 is 0.920 bits per heavy atom. The van der Waals surface area contributed by atoms with Crippen molar-refractivity contribution in [2.24, 2.45) is 309 Å². The number of hydrogen-bond acceptors (Lipinski definition) is 18. The molecule has 0 radical (unpaired) electrons. The summed E-state index contributed by atoms with van der Waals surface area (Å²) in [5.41, 5.74) is 1.02. The van der Waals surface area contributed by atoms with E-state index in [1.807, 2.05) is 0 Å². The SMILES string of the molecule is CC1C2CC(C1C)C1(CCOC1=O)C2.CC1CC2CC1C1(CCOC1=O)C2.CC1CC2CC1C1(COC(=O)C1)C2.CC1CC2CC1C1C2C2CC1C1(CCOC1=O)C2.CC1CC2CC1C1C2C2CC1C1(COC(=O)C1)C2.CC1CC2CC1C1C3CC(C21)C1(CCOC1=O)C3.CC1CC2CC1C1C3CC(C21)C1(COC(=O)C1)C3.CC1CC2CC1CC21CCOC1=O.CC1CC2CC1CC21COC(=O)C1. The number of cyclic esters (lactones) is 9. The topological polar surface area (TPSA) is 237 Å². The highest BCUT2D eigenvalue weighted by molar-refractivity contribution is 5.83. The van der Waals surface area contributed by atoms with Crippen LogP contribution >= 0.6 is 0 Å². The minimum Gasteiger partial charge on any atom is -0.465 e. The van der Waals surface area contributed by atoms with Crippen molar-refractivity contribution in [1.29, 1.82) is 0 Å². The molecule has 758 valence electrons. The molecule has 18 heteroatoms. The predicted molar refractivity (Wildman–Crippen MR) is 511 cm³/mol. The van der Waals surface area contributed by atoms with Gasteiger partial charge in [0.05, 0.1) is 112 Å². The molecule has 138 heavy (non-hydrogen) atoms. The van der Waals surface area contributed by atoms with E-state index in [1.54, 1.807) is 0 Å². The Morgan fingerprint density at radius 1 is 0.203 bits per heavy atom. The van der Waals surface area contributed by atoms with Crippen molar-refractivity contribution in [2.45, 2.75) is 320 Å². The molecular formula is C120H170O18. The van der Waals surface area contributed by atoms with Crippen LogP contribution in [0.1, 0.15) is 320 Å². The molecule has 9 saturated heterocycles. The molecule has 0 amide bonds. The average Bonchev–Trinajstić information content (AvgIpc) is 1.52. The molecule has 53 atom stereocenters. The summed E-state index contributed by atoms with van der Waals surface area (Å²) in [5, 5.41) is 0. The third kappa shape index (κ3) is 13.2. The fourth-order valence-corrected chi connectivity index (χ4v) is 49.0. The number of carbonyl (C=O) groups is 9. The highest BCUT2D eigenvalue weighted by atomic mass is 16.6. The van der Waals surface area contributed by atoms with E-state index in [0.29, 0.717) is 75.5 Å². The first kappa shape index (κ1) is 91.9. The van der Waals surface area contributed by atoms with Gasteiger partial charge in [-0.05, 0) is 485 Å². The zero-order chi connectivity index (χ0) is 94.4. The lowest BCUT2D eigenvalue weighted by Crippen LogP contribution is -2.43. The molecule has 18 nitrogen and oxygen atoms in total. The van der Waals surface area contributed by atoms with Gasteiger partial charge in [0, 0.05) is 21.7 Å². The maximum atomic E-state index is 12.2. The first-order valence-electron chi connectivity index (χ1n) is 58.7. The summed E-state index contributed by atoms with van der Waals surface area (Å²) in [7, 11) is 0. The van der Waals surface area contributed by atoms with E-state index >= 15 is 0 Å². The van der Waals surface area contributed by atoms with Crippen LogP contribution in [0.5, 0.6) is 0 Å².